The fourth-order valence-electron chi connectivity index (χ4n) is 3.23. The molecule has 0 bridgehead atoms. The molecule has 1 amide bonds. The van der Waals surface area contributed by atoms with Crippen LogP contribution in [-0.2, 0) is 5.41 Å². The zero-order chi connectivity index (χ0) is 15.3. The van der Waals surface area contributed by atoms with E-state index in [0.29, 0.717) is 25.3 Å². The van der Waals surface area contributed by atoms with E-state index < -0.39 is 5.60 Å². The van der Waals surface area contributed by atoms with Gasteiger partial charge in [0.05, 0.1) is 12.2 Å². The van der Waals surface area contributed by atoms with E-state index >= 15 is 0 Å². The summed E-state index contributed by atoms with van der Waals surface area (Å²) in [6.45, 7) is 7.82. The van der Waals surface area contributed by atoms with Gasteiger partial charge in [-0.1, -0.05) is 13.8 Å². The summed E-state index contributed by atoms with van der Waals surface area (Å²) >= 11 is 0. The normalized spacial score (nSPS) is 27.1. The van der Waals surface area contributed by atoms with Gasteiger partial charge in [-0.15, -0.1) is 0 Å². The highest BCUT2D eigenvalue weighted by atomic mass is 16.5. The molecule has 4 heteroatoms. The summed E-state index contributed by atoms with van der Waals surface area (Å²) in [5.41, 5.74) is 0.952. The fourth-order valence-corrected chi connectivity index (χ4v) is 3.23. The van der Waals surface area contributed by atoms with Crippen molar-refractivity contribution in [2.45, 2.75) is 44.6 Å². The van der Waals surface area contributed by atoms with Gasteiger partial charge in [-0.05, 0) is 38.0 Å². The third-order valence-corrected chi connectivity index (χ3v) is 4.51. The van der Waals surface area contributed by atoms with Crippen LogP contribution in [-0.4, -0.2) is 41.2 Å². The van der Waals surface area contributed by atoms with E-state index in [-0.39, 0.29) is 11.3 Å². The number of likely N-dealkylation sites (tertiary alicyclic amines) is 1. The number of carbonyl (C=O) groups is 1. The van der Waals surface area contributed by atoms with Gasteiger partial charge in [0.15, 0.2) is 0 Å². The molecule has 0 radical (unpaired) electrons. The van der Waals surface area contributed by atoms with Crippen molar-refractivity contribution < 1.29 is 14.6 Å². The summed E-state index contributed by atoms with van der Waals surface area (Å²) < 4.78 is 5.66. The zero-order valence-electron chi connectivity index (χ0n) is 13.0. The van der Waals surface area contributed by atoms with Crippen LogP contribution in [0.5, 0.6) is 5.75 Å². The highest BCUT2D eigenvalue weighted by Gasteiger charge is 2.34. The lowest BCUT2D eigenvalue weighted by molar-refractivity contribution is -0.0107. The first kappa shape index (κ1) is 14.4. The van der Waals surface area contributed by atoms with Gasteiger partial charge in [0, 0.05) is 29.6 Å². The second-order valence-electron chi connectivity index (χ2n) is 7.21. The minimum atomic E-state index is -0.771. The molecule has 2 heterocycles. The van der Waals surface area contributed by atoms with Gasteiger partial charge in [-0.3, -0.25) is 4.79 Å². The average Bonchev–Trinajstić information content (AvgIpc) is 2.72. The molecule has 0 aromatic heterocycles. The molecule has 1 unspecified atom stereocenters. The van der Waals surface area contributed by atoms with Crippen LogP contribution >= 0.6 is 0 Å². The molecule has 4 nitrogen and oxygen atoms in total. The predicted molar refractivity (Wildman–Crippen MR) is 80.7 cm³/mol. The van der Waals surface area contributed by atoms with Gasteiger partial charge in [0.2, 0.25) is 0 Å². The van der Waals surface area contributed by atoms with E-state index in [9.17, 15) is 9.90 Å². The SMILES string of the molecule is CC1(O)CCCN(C(=O)c2ccc3c(c2)C(C)(C)CO3)C1. The number of β-amino-alcohol motifs (C(OH)–C–C–N with tert-alkyl or cyclic N) is 1. The Balaban J connectivity index is 1.86. The first-order valence-corrected chi connectivity index (χ1v) is 7.58. The van der Waals surface area contributed by atoms with Crippen LogP contribution in [0.25, 0.3) is 0 Å². The van der Waals surface area contributed by atoms with Crippen LogP contribution < -0.4 is 4.74 Å². The monoisotopic (exact) mass is 289 g/mol. The topological polar surface area (TPSA) is 49.8 Å². The molecule has 114 valence electrons. The Morgan fingerprint density at radius 3 is 2.81 bits per heavy atom. The number of ether oxygens (including phenoxy) is 1. The number of rotatable bonds is 1. The summed E-state index contributed by atoms with van der Waals surface area (Å²) in [4.78, 5) is 14.4. The Morgan fingerprint density at radius 2 is 2.10 bits per heavy atom. The van der Waals surface area contributed by atoms with E-state index in [4.69, 9.17) is 4.74 Å². The summed E-state index contributed by atoms with van der Waals surface area (Å²) in [6.07, 6.45) is 1.60. The molecule has 1 aromatic carbocycles. The van der Waals surface area contributed by atoms with Crippen LogP contribution in [0.2, 0.25) is 0 Å². The highest BCUT2D eigenvalue weighted by molar-refractivity contribution is 5.95. The molecule has 3 rings (SSSR count). The lowest BCUT2D eigenvalue weighted by Gasteiger charge is -2.37. The molecule has 1 atom stereocenters. The van der Waals surface area contributed by atoms with Gasteiger partial charge < -0.3 is 14.7 Å². The summed E-state index contributed by atoms with van der Waals surface area (Å²) in [5, 5.41) is 10.2. The van der Waals surface area contributed by atoms with Gasteiger partial charge in [-0.25, -0.2) is 0 Å². The third kappa shape index (κ3) is 2.64. The first-order valence-electron chi connectivity index (χ1n) is 7.58. The van der Waals surface area contributed by atoms with Gasteiger partial charge in [0.25, 0.3) is 5.91 Å². The molecular weight excluding hydrogens is 266 g/mol. The molecule has 2 aliphatic rings. The second-order valence-corrected chi connectivity index (χ2v) is 7.21. The number of amides is 1. The van der Waals surface area contributed by atoms with E-state index in [1.165, 1.54) is 0 Å². The molecule has 0 saturated carbocycles. The van der Waals surface area contributed by atoms with Crippen molar-refractivity contribution in [1.82, 2.24) is 4.90 Å². The molecular formula is C17H23NO3. The highest BCUT2D eigenvalue weighted by Crippen LogP contribution is 2.39. The lowest BCUT2D eigenvalue weighted by Crippen LogP contribution is -2.48. The number of benzene rings is 1. The molecule has 1 N–H and O–H groups in total. The summed E-state index contributed by atoms with van der Waals surface area (Å²) in [5.74, 6) is 0.877. The lowest BCUT2D eigenvalue weighted by atomic mass is 9.86. The quantitative estimate of drug-likeness (QED) is 0.863. The Bertz CT molecular complexity index is 577. The Labute approximate surface area is 125 Å². The van der Waals surface area contributed by atoms with Crippen molar-refractivity contribution >= 4 is 5.91 Å². The Morgan fingerprint density at radius 1 is 1.33 bits per heavy atom. The standard InChI is InChI=1S/C17H23NO3/c1-16(2)11-21-14-6-5-12(9-13(14)16)15(19)18-8-4-7-17(3,20)10-18/h5-6,9,20H,4,7-8,10-11H2,1-3H3. The number of fused-ring (bicyclic) bond motifs is 1. The van der Waals surface area contributed by atoms with Crippen LogP contribution in [0, 0.1) is 0 Å². The predicted octanol–water partition coefficient (Wildman–Crippen LogP) is 2.34. The van der Waals surface area contributed by atoms with E-state index in [1.54, 1.807) is 11.8 Å². The Kier molecular flexibility index (Phi) is 3.24. The van der Waals surface area contributed by atoms with Crippen LogP contribution in [0.4, 0.5) is 0 Å². The van der Waals surface area contributed by atoms with Gasteiger partial charge >= 0.3 is 0 Å². The number of hydrogen-bond donors (Lipinski definition) is 1. The van der Waals surface area contributed by atoms with Crippen LogP contribution in [0.3, 0.4) is 0 Å². The maximum absolute atomic E-state index is 12.7. The number of nitrogens with zero attached hydrogens (tertiary/aromatic N) is 1. The summed E-state index contributed by atoms with van der Waals surface area (Å²) in [6, 6.07) is 5.67. The van der Waals surface area contributed by atoms with Gasteiger partial charge in [-0.2, -0.15) is 0 Å². The minimum Gasteiger partial charge on any atom is -0.492 e. The molecule has 1 saturated heterocycles. The Hall–Kier alpha value is -1.55. The van der Waals surface area contributed by atoms with Crippen LogP contribution in [0.1, 0.15) is 49.5 Å². The third-order valence-electron chi connectivity index (χ3n) is 4.51. The van der Waals surface area contributed by atoms with E-state index in [0.717, 1.165) is 24.2 Å². The van der Waals surface area contributed by atoms with E-state index in [1.807, 2.05) is 18.2 Å². The molecule has 21 heavy (non-hydrogen) atoms. The van der Waals surface area contributed by atoms with Crippen LogP contribution in [0.15, 0.2) is 18.2 Å². The minimum absolute atomic E-state index is 0.000440. The number of aliphatic hydroxyl groups is 1. The molecule has 0 aliphatic carbocycles. The molecule has 1 aromatic rings. The second kappa shape index (κ2) is 4.73. The van der Waals surface area contributed by atoms with E-state index in [2.05, 4.69) is 13.8 Å². The zero-order valence-corrected chi connectivity index (χ0v) is 13.0. The molecule has 0 spiro atoms. The van der Waals surface area contributed by atoms with Crippen molar-refractivity contribution in [3.8, 4) is 5.75 Å². The number of hydrogen-bond acceptors (Lipinski definition) is 3. The molecule has 1 fully saturated rings. The maximum Gasteiger partial charge on any atom is 0.253 e. The van der Waals surface area contributed by atoms with Crippen molar-refractivity contribution in [1.29, 1.82) is 0 Å². The van der Waals surface area contributed by atoms with Gasteiger partial charge in [0.1, 0.15) is 5.75 Å². The number of carbonyl (C=O) groups excluding carboxylic acids is 1. The largest absolute Gasteiger partial charge is 0.492 e. The fraction of sp³-hybridized carbons (Fsp3) is 0.588. The molecule has 2 aliphatic heterocycles. The van der Waals surface area contributed by atoms with Crippen molar-refractivity contribution in [2.24, 2.45) is 0 Å². The average molecular weight is 289 g/mol. The number of piperidine rings is 1. The van der Waals surface area contributed by atoms with Crippen molar-refractivity contribution in [3.63, 3.8) is 0 Å². The maximum atomic E-state index is 12.7. The smallest absolute Gasteiger partial charge is 0.253 e. The summed E-state index contributed by atoms with van der Waals surface area (Å²) in [7, 11) is 0. The first-order chi connectivity index (χ1) is 9.78. The van der Waals surface area contributed by atoms with Crippen molar-refractivity contribution in [3.05, 3.63) is 29.3 Å². The van der Waals surface area contributed by atoms with Crippen molar-refractivity contribution in [2.75, 3.05) is 19.7 Å².